The van der Waals surface area contributed by atoms with Crippen LogP contribution >= 0.6 is 0 Å². The first kappa shape index (κ1) is 8.31. The molecule has 0 amide bonds. The molecule has 0 aromatic carbocycles. The van der Waals surface area contributed by atoms with E-state index in [1.54, 1.807) is 5.57 Å². The van der Waals surface area contributed by atoms with E-state index in [2.05, 4.69) is 6.08 Å². The van der Waals surface area contributed by atoms with Crippen LogP contribution in [-0.4, -0.2) is 6.04 Å². The van der Waals surface area contributed by atoms with Gasteiger partial charge in [0.1, 0.15) is 0 Å². The highest BCUT2D eigenvalue weighted by Crippen LogP contribution is 2.35. The molecule has 0 radical (unpaired) electrons. The summed E-state index contributed by atoms with van der Waals surface area (Å²) < 4.78 is 0. The molecule has 1 saturated carbocycles. The van der Waals surface area contributed by atoms with Gasteiger partial charge in [-0.3, -0.25) is 0 Å². The lowest BCUT2D eigenvalue weighted by atomic mass is 9.86. The summed E-state index contributed by atoms with van der Waals surface area (Å²) in [6.45, 7) is 0. The summed E-state index contributed by atoms with van der Waals surface area (Å²) in [7, 11) is 0. The van der Waals surface area contributed by atoms with Crippen LogP contribution in [-0.2, 0) is 0 Å². The van der Waals surface area contributed by atoms with E-state index >= 15 is 0 Å². The van der Waals surface area contributed by atoms with Gasteiger partial charge in [0, 0.05) is 6.04 Å². The van der Waals surface area contributed by atoms with Gasteiger partial charge in [-0.05, 0) is 38.0 Å². The first-order chi connectivity index (χ1) is 5.86. The molecule has 0 heterocycles. The fourth-order valence-electron chi connectivity index (χ4n) is 2.54. The second-order valence-corrected chi connectivity index (χ2v) is 4.29. The van der Waals surface area contributed by atoms with Crippen LogP contribution in [0.2, 0.25) is 0 Å². The van der Waals surface area contributed by atoms with Crippen molar-refractivity contribution < 1.29 is 0 Å². The van der Waals surface area contributed by atoms with Crippen LogP contribution in [0.1, 0.15) is 44.9 Å². The Morgan fingerprint density at radius 1 is 1.17 bits per heavy atom. The maximum absolute atomic E-state index is 5.85. The zero-order valence-electron chi connectivity index (χ0n) is 7.76. The molecule has 0 bridgehead atoms. The molecule has 2 rings (SSSR count). The van der Waals surface area contributed by atoms with Crippen LogP contribution in [0.3, 0.4) is 0 Å². The standard InChI is InChI=1S/C11H19N/c12-11-7-5-10(6-8-11)9-3-1-2-4-9/h5,9,11H,1-4,6-8,12H2. The molecular formula is C11H19N. The monoisotopic (exact) mass is 165 g/mol. The molecule has 1 heteroatoms. The zero-order chi connectivity index (χ0) is 8.39. The van der Waals surface area contributed by atoms with Crippen molar-refractivity contribution in [3.05, 3.63) is 11.6 Å². The quantitative estimate of drug-likeness (QED) is 0.594. The Bertz CT molecular complexity index is 177. The molecule has 1 atom stereocenters. The van der Waals surface area contributed by atoms with Crippen molar-refractivity contribution in [3.63, 3.8) is 0 Å². The van der Waals surface area contributed by atoms with Gasteiger partial charge in [0.2, 0.25) is 0 Å². The second-order valence-electron chi connectivity index (χ2n) is 4.29. The molecule has 1 fully saturated rings. The summed E-state index contributed by atoms with van der Waals surface area (Å²) in [5, 5.41) is 0. The number of nitrogens with two attached hydrogens (primary N) is 1. The summed E-state index contributed by atoms with van der Waals surface area (Å²) in [5.74, 6) is 0.942. The highest BCUT2D eigenvalue weighted by atomic mass is 14.6. The molecule has 0 aromatic rings. The van der Waals surface area contributed by atoms with Gasteiger partial charge < -0.3 is 5.73 Å². The smallest absolute Gasteiger partial charge is 0.00765 e. The Morgan fingerprint density at radius 2 is 1.92 bits per heavy atom. The lowest BCUT2D eigenvalue weighted by Gasteiger charge is -2.22. The van der Waals surface area contributed by atoms with Crippen molar-refractivity contribution in [2.75, 3.05) is 0 Å². The van der Waals surface area contributed by atoms with Gasteiger partial charge >= 0.3 is 0 Å². The second kappa shape index (κ2) is 3.61. The molecule has 0 saturated heterocycles. The first-order valence-corrected chi connectivity index (χ1v) is 5.31. The third-order valence-electron chi connectivity index (χ3n) is 3.37. The minimum absolute atomic E-state index is 0.454. The highest BCUT2D eigenvalue weighted by molar-refractivity contribution is 5.12. The van der Waals surface area contributed by atoms with Gasteiger partial charge in [-0.25, -0.2) is 0 Å². The van der Waals surface area contributed by atoms with Crippen molar-refractivity contribution in [2.45, 2.75) is 51.0 Å². The van der Waals surface area contributed by atoms with Gasteiger partial charge in [-0.2, -0.15) is 0 Å². The summed E-state index contributed by atoms with van der Waals surface area (Å²) in [5.41, 5.74) is 7.58. The van der Waals surface area contributed by atoms with E-state index in [9.17, 15) is 0 Å². The molecule has 2 N–H and O–H groups in total. The summed E-state index contributed by atoms with van der Waals surface area (Å²) in [6.07, 6.45) is 11.9. The molecule has 2 aliphatic rings. The SMILES string of the molecule is NC1CC=C(C2CCCC2)CC1. The fraction of sp³-hybridized carbons (Fsp3) is 0.818. The molecule has 0 aromatic heterocycles. The number of allylic oxidation sites excluding steroid dienone is 1. The van der Waals surface area contributed by atoms with Crippen LogP contribution in [0.5, 0.6) is 0 Å². The predicted octanol–water partition coefficient (Wildman–Crippen LogP) is 2.61. The Morgan fingerprint density at radius 3 is 2.50 bits per heavy atom. The Kier molecular flexibility index (Phi) is 2.50. The van der Waals surface area contributed by atoms with E-state index in [0.29, 0.717) is 6.04 Å². The van der Waals surface area contributed by atoms with E-state index in [0.717, 1.165) is 12.3 Å². The molecule has 1 unspecified atom stereocenters. The molecule has 1 nitrogen and oxygen atoms in total. The van der Waals surface area contributed by atoms with E-state index < -0.39 is 0 Å². The molecule has 68 valence electrons. The van der Waals surface area contributed by atoms with Crippen molar-refractivity contribution in [3.8, 4) is 0 Å². The number of rotatable bonds is 1. The Balaban J connectivity index is 1.94. The molecular weight excluding hydrogens is 146 g/mol. The van der Waals surface area contributed by atoms with Gasteiger partial charge in [0.05, 0.1) is 0 Å². The van der Waals surface area contributed by atoms with Crippen LogP contribution < -0.4 is 5.73 Å². The maximum atomic E-state index is 5.85. The van der Waals surface area contributed by atoms with Crippen LogP contribution in [0.4, 0.5) is 0 Å². The zero-order valence-corrected chi connectivity index (χ0v) is 7.76. The first-order valence-electron chi connectivity index (χ1n) is 5.31. The van der Waals surface area contributed by atoms with Crippen molar-refractivity contribution in [2.24, 2.45) is 11.7 Å². The average Bonchev–Trinajstić information content (AvgIpc) is 2.58. The van der Waals surface area contributed by atoms with Crippen LogP contribution in [0.25, 0.3) is 0 Å². The Labute approximate surface area is 75.0 Å². The summed E-state index contributed by atoms with van der Waals surface area (Å²) in [6, 6.07) is 0.454. The lowest BCUT2D eigenvalue weighted by Crippen LogP contribution is -2.22. The van der Waals surface area contributed by atoms with Crippen LogP contribution in [0.15, 0.2) is 11.6 Å². The van der Waals surface area contributed by atoms with Gasteiger partial charge in [-0.1, -0.05) is 24.5 Å². The normalized spacial score (nSPS) is 32.1. The predicted molar refractivity (Wildman–Crippen MR) is 51.9 cm³/mol. The lowest BCUT2D eigenvalue weighted by molar-refractivity contribution is 0.523. The number of hydrogen-bond donors (Lipinski definition) is 1. The van der Waals surface area contributed by atoms with E-state index in [4.69, 9.17) is 5.73 Å². The maximum Gasteiger partial charge on any atom is 0.00765 e. The van der Waals surface area contributed by atoms with Crippen molar-refractivity contribution >= 4 is 0 Å². The van der Waals surface area contributed by atoms with E-state index in [1.807, 2.05) is 0 Å². The fourth-order valence-corrected chi connectivity index (χ4v) is 2.54. The van der Waals surface area contributed by atoms with Crippen molar-refractivity contribution in [1.82, 2.24) is 0 Å². The van der Waals surface area contributed by atoms with Crippen LogP contribution in [0, 0.1) is 5.92 Å². The minimum atomic E-state index is 0.454. The molecule has 0 aliphatic heterocycles. The molecule has 2 aliphatic carbocycles. The average molecular weight is 165 g/mol. The summed E-state index contributed by atoms with van der Waals surface area (Å²) >= 11 is 0. The number of hydrogen-bond acceptors (Lipinski definition) is 1. The molecule has 0 spiro atoms. The van der Waals surface area contributed by atoms with E-state index in [-0.39, 0.29) is 0 Å². The van der Waals surface area contributed by atoms with Gasteiger partial charge in [-0.15, -0.1) is 0 Å². The summed E-state index contributed by atoms with van der Waals surface area (Å²) in [4.78, 5) is 0. The largest absolute Gasteiger partial charge is 0.327 e. The highest BCUT2D eigenvalue weighted by Gasteiger charge is 2.21. The third kappa shape index (κ3) is 1.71. The van der Waals surface area contributed by atoms with Gasteiger partial charge in [0.25, 0.3) is 0 Å². The Hall–Kier alpha value is -0.300. The third-order valence-corrected chi connectivity index (χ3v) is 3.37. The molecule has 12 heavy (non-hydrogen) atoms. The van der Waals surface area contributed by atoms with Crippen molar-refractivity contribution in [1.29, 1.82) is 0 Å². The van der Waals surface area contributed by atoms with Gasteiger partial charge in [0.15, 0.2) is 0 Å². The topological polar surface area (TPSA) is 26.0 Å². The van der Waals surface area contributed by atoms with E-state index in [1.165, 1.54) is 38.5 Å². The minimum Gasteiger partial charge on any atom is -0.327 e.